The van der Waals surface area contributed by atoms with Crippen LogP contribution in [0.2, 0.25) is 0 Å². The van der Waals surface area contributed by atoms with E-state index in [0.29, 0.717) is 25.7 Å². The Bertz CT molecular complexity index is 776. The van der Waals surface area contributed by atoms with Gasteiger partial charge in [0.25, 0.3) is 0 Å². The molecule has 3 N–H and O–H groups in total. The lowest BCUT2D eigenvalue weighted by atomic mass is 10.0. The molecule has 0 radical (unpaired) electrons. The molecular formula is C18H25N3O4S. The van der Waals surface area contributed by atoms with Gasteiger partial charge in [-0.15, -0.1) is 0 Å². The summed E-state index contributed by atoms with van der Waals surface area (Å²) in [6.07, 6.45) is 3.01. The highest BCUT2D eigenvalue weighted by atomic mass is 32.2. The minimum Gasteiger partial charge on any atom is -0.332 e. The van der Waals surface area contributed by atoms with Crippen molar-refractivity contribution in [2.75, 3.05) is 11.1 Å². The van der Waals surface area contributed by atoms with Crippen LogP contribution in [0, 0.1) is 0 Å². The van der Waals surface area contributed by atoms with Gasteiger partial charge in [0.1, 0.15) is 0 Å². The van der Waals surface area contributed by atoms with E-state index in [1.165, 1.54) is 5.56 Å². The summed E-state index contributed by atoms with van der Waals surface area (Å²) in [6, 6.07) is 6.77. The van der Waals surface area contributed by atoms with Gasteiger partial charge in [0.2, 0.25) is 5.91 Å². The van der Waals surface area contributed by atoms with Crippen LogP contribution in [0.5, 0.6) is 0 Å². The first-order chi connectivity index (χ1) is 12.4. The van der Waals surface area contributed by atoms with Crippen LogP contribution in [-0.4, -0.2) is 43.4 Å². The Kier molecular flexibility index (Phi) is 5.50. The summed E-state index contributed by atoms with van der Waals surface area (Å²) in [4.78, 5) is 23.4. The quantitative estimate of drug-likeness (QED) is 0.494. The highest BCUT2D eigenvalue weighted by molar-refractivity contribution is 7.92. The number of urea groups is 1. The molecule has 3 atom stereocenters. The average molecular weight is 379 g/mol. The van der Waals surface area contributed by atoms with Crippen molar-refractivity contribution >= 4 is 27.5 Å². The van der Waals surface area contributed by atoms with E-state index < -0.39 is 15.1 Å². The monoisotopic (exact) mass is 379 g/mol. The Morgan fingerprint density at radius 3 is 2.62 bits per heavy atom. The van der Waals surface area contributed by atoms with E-state index in [1.807, 2.05) is 24.3 Å². The number of amides is 3. The van der Waals surface area contributed by atoms with Gasteiger partial charge in [0.05, 0.1) is 23.1 Å². The maximum atomic E-state index is 12.2. The molecule has 0 bridgehead atoms. The van der Waals surface area contributed by atoms with Gasteiger partial charge >= 0.3 is 6.03 Å². The molecule has 0 aliphatic carbocycles. The number of unbranched alkanes of at least 4 members (excludes halogenated alkanes) is 1. The zero-order valence-electron chi connectivity index (χ0n) is 14.8. The summed E-state index contributed by atoms with van der Waals surface area (Å²) >= 11 is 0. The third-order valence-corrected chi connectivity index (χ3v) is 7.39. The molecule has 2 heterocycles. The van der Waals surface area contributed by atoms with E-state index in [1.54, 1.807) is 0 Å². The minimum atomic E-state index is -3.20. The molecular weight excluding hydrogens is 354 g/mol. The largest absolute Gasteiger partial charge is 0.332 e. The summed E-state index contributed by atoms with van der Waals surface area (Å²) in [6.45, 7) is 2.08. The Morgan fingerprint density at radius 2 is 1.92 bits per heavy atom. The fourth-order valence-corrected chi connectivity index (χ4v) is 5.95. The van der Waals surface area contributed by atoms with Crippen molar-refractivity contribution in [3.63, 3.8) is 0 Å². The number of fused-ring (bicyclic) bond motifs is 1. The highest BCUT2D eigenvalue weighted by Gasteiger charge is 2.51. The van der Waals surface area contributed by atoms with E-state index in [-0.39, 0.29) is 29.8 Å². The molecule has 2 saturated heterocycles. The number of benzene rings is 1. The number of hydrogen-bond acceptors (Lipinski definition) is 4. The summed E-state index contributed by atoms with van der Waals surface area (Å²) in [7, 11) is -3.20. The standard InChI is InChI=1S/C18H25N3O4S/c1-2-12-7-9-13(10-8-12)19-16(22)6-4-3-5-15-17-14(11-26(15,24)25)20-18(23)21-17/h7-10,14-15,17H,2-6,11H2,1H3,(H,19,22)(H2,20,21,23)/t14-,15+,17-/m0/s1. The molecule has 8 heteroatoms. The molecule has 2 aliphatic heterocycles. The first-order valence-corrected chi connectivity index (χ1v) is 10.8. The third-order valence-electron chi connectivity index (χ3n) is 5.11. The van der Waals surface area contributed by atoms with Crippen LogP contribution in [0.4, 0.5) is 10.5 Å². The molecule has 1 aromatic carbocycles. The van der Waals surface area contributed by atoms with Crippen LogP contribution in [0.15, 0.2) is 24.3 Å². The van der Waals surface area contributed by atoms with Gasteiger partial charge in [0, 0.05) is 12.1 Å². The number of anilines is 1. The number of carbonyl (C=O) groups is 2. The van der Waals surface area contributed by atoms with E-state index in [4.69, 9.17) is 0 Å². The second kappa shape index (κ2) is 7.65. The maximum absolute atomic E-state index is 12.2. The van der Waals surface area contributed by atoms with Crippen molar-refractivity contribution in [2.45, 2.75) is 56.4 Å². The van der Waals surface area contributed by atoms with E-state index in [0.717, 1.165) is 12.1 Å². The number of sulfone groups is 1. The number of rotatable bonds is 7. The Hall–Kier alpha value is -2.09. The van der Waals surface area contributed by atoms with Crippen molar-refractivity contribution < 1.29 is 18.0 Å². The van der Waals surface area contributed by atoms with Crippen LogP contribution in [-0.2, 0) is 21.1 Å². The summed E-state index contributed by atoms with van der Waals surface area (Å²) in [5.74, 6) is -0.0766. The zero-order chi connectivity index (χ0) is 18.7. The van der Waals surface area contributed by atoms with E-state index in [9.17, 15) is 18.0 Å². The van der Waals surface area contributed by atoms with Crippen LogP contribution >= 0.6 is 0 Å². The first kappa shape index (κ1) is 18.7. The van der Waals surface area contributed by atoms with Crippen molar-refractivity contribution in [1.82, 2.24) is 10.6 Å². The van der Waals surface area contributed by atoms with Crippen molar-refractivity contribution in [1.29, 1.82) is 0 Å². The first-order valence-electron chi connectivity index (χ1n) is 9.06. The van der Waals surface area contributed by atoms with Crippen molar-refractivity contribution in [3.8, 4) is 0 Å². The number of nitrogens with one attached hydrogen (secondary N) is 3. The van der Waals surface area contributed by atoms with Gasteiger partial charge in [0.15, 0.2) is 9.84 Å². The molecule has 0 unspecified atom stereocenters. The molecule has 26 heavy (non-hydrogen) atoms. The van der Waals surface area contributed by atoms with Gasteiger partial charge in [-0.05, 0) is 37.0 Å². The fourth-order valence-electron chi connectivity index (χ4n) is 3.68. The maximum Gasteiger partial charge on any atom is 0.315 e. The minimum absolute atomic E-state index is 0.00465. The van der Waals surface area contributed by atoms with Gasteiger partial charge in [-0.25, -0.2) is 13.2 Å². The average Bonchev–Trinajstić information content (AvgIpc) is 3.04. The predicted molar refractivity (Wildman–Crippen MR) is 99.7 cm³/mol. The van der Waals surface area contributed by atoms with Crippen molar-refractivity contribution in [2.24, 2.45) is 0 Å². The lowest BCUT2D eigenvalue weighted by molar-refractivity contribution is -0.116. The van der Waals surface area contributed by atoms with E-state index in [2.05, 4.69) is 22.9 Å². The lowest BCUT2D eigenvalue weighted by Crippen LogP contribution is -2.39. The molecule has 2 fully saturated rings. The lowest BCUT2D eigenvalue weighted by Gasteiger charge is -2.16. The Labute approximate surface area is 153 Å². The van der Waals surface area contributed by atoms with E-state index >= 15 is 0 Å². The van der Waals surface area contributed by atoms with Crippen LogP contribution < -0.4 is 16.0 Å². The predicted octanol–water partition coefficient (Wildman–Crippen LogP) is 1.59. The Morgan fingerprint density at radius 1 is 1.19 bits per heavy atom. The molecule has 0 saturated carbocycles. The molecule has 1 aromatic rings. The van der Waals surface area contributed by atoms with Crippen LogP contribution in [0.1, 0.15) is 38.2 Å². The fraction of sp³-hybridized carbons (Fsp3) is 0.556. The normalized spacial score (nSPS) is 26.0. The topological polar surface area (TPSA) is 104 Å². The molecule has 7 nitrogen and oxygen atoms in total. The third kappa shape index (κ3) is 4.17. The second-order valence-corrected chi connectivity index (χ2v) is 9.23. The SMILES string of the molecule is CCc1ccc(NC(=O)CCCC[C@@H]2[C@H]3NC(=O)N[C@H]3CS2(=O)=O)cc1. The summed E-state index contributed by atoms with van der Waals surface area (Å²) in [5, 5.41) is 7.65. The van der Waals surface area contributed by atoms with Crippen LogP contribution in [0.3, 0.4) is 0 Å². The summed E-state index contributed by atoms with van der Waals surface area (Å²) in [5.41, 5.74) is 1.99. The number of hydrogen-bond donors (Lipinski definition) is 3. The molecule has 3 rings (SSSR count). The van der Waals surface area contributed by atoms with Crippen molar-refractivity contribution in [3.05, 3.63) is 29.8 Å². The second-order valence-electron chi connectivity index (χ2n) is 6.96. The molecule has 0 spiro atoms. The molecule has 3 amide bonds. The summed E-state index contributed by atoms with van der Waals surface area (Å²) < 4.78 is 24.5. The van der Waals surface area contributed by atoms with Crippen LogP contribution in [0.25, 0.3) is 0 Å². The van der Waals surface area contributed by atoms with Gasteiger partial charge in [-0.3, -0.25) is 4.79 Å². The molecule has 2 aliphatic rings. The molecule has 0 aromatic heterocycles. The number of aryl methyl sites for hydroxylation is 1. The van der Waals surface area contributed by atoms with Gasteiger partial charge < -0.3 is 16.0 Å². The number of carbonyl (C=O) groups excluding carboxylic acids is 2. The molecule has 142 valence electrons. The smallest absolute Gasteiger partial charge is 0.315 e. The van der Waals surface area contributed by atoms with Gasteiger partial charge in [-0.1, -0.05) is 25.5 Å². The van der Waals surface area contributed by atoms with Gasteiger partial charge in [-0.2, -0.15) is 0 Å². The Balaban J connectivity index is 1.43. The zero-order valence-corrected chi connectivity index (χ0v) is 15.6. The highest BCUT2D eigenvalue weighted by Crippen LogP contribution is 2.28.